The predicted molar refractivity (Wildman–Crippen MR) is 161 cm³/mol. The Hall–Kier alpha value is -4.97. The fourth-order valence-corrected chi connectivity index (χ4v) is 4.88. The molecule has 0 spiro atoms. The Morgan fingerprint density at radius 3 is 2.37 bits per heavy atom. The van der Waals surface area contributed by atoms with Crippen LogP contribution in [0.4, 0.5) is 26.7 Å². The number of urea groups is 2. The normalized spacial score (nSPS) is 18.0. The van der Waals surface area contributed by atoms with E-state index in [-0.39, 0.29) is 49.9 Å². The second-order valence-electron chi connectivity index (χ2n) is 10.7. The molecule has 0 bridgehead atoms. The van der Waals surface area contributed by atoms with Crippen molar-refractivity contribution in [1.29, 1.82) is 0 Å². The molecule has 3 aromatic rings. The van der Waals surface area contributed by atoms with E-state index in [0.717, 1.165) is 0 Å². The van der Waals surface area contributed by atoms with Crippen LogP contribution in [0.2, 0.25) is 0 Å². The van der Waals surface area contributed by atoms with Crippen LogP contribution in [0.1, 0.15) is 24.2 Å². The largest absolute Gasteiger partial charge is 0.487 e. The minimum Gasteiger partial charge on any atom is -0.487 e. The Morgan fingerprint density at radius 2 is 1.63 bits per heavy atom. The molecule has 12 nitrogen and oxygen atoms in total. The zero-order valence-corrected chi connectivity index (χ0v) is 24.2. The predicted octanol–water partition coefficient (Wildman–Crippen LogP) is 4.44. The summed E-state index contributed by atoms with van der Waals surface area (Å²) in [5, 5.41) is 18.3. The third kappa shape index (κ3) is 6.92. The van der Waals surface area contributed by atoms with Crippen molar-refractivity contribution in [2.45, 2.75) is 26.0 Å². The van der Waals surface area contributed by atoms with Gasteiger partial charge in [0.25, 0.3) is 5.91 Å². The molecule has 43 heavy (non-hydrogen) atoms. The second-order valence-corrected chi connectivity index (χ2v) is 10.7. The van der Waals surface area contributed by atoms with Crippen molar-refractivity contribution in [3.63, 3.8) is 0 Å². The molecule has 5 amide bonds. The second kappa shape index (κ2) is 12.9. The van der Waals surface area contributed by atoms with Crippen LogP contribution in [0.15, 0.2) is 66.7 Å². The van der Waals surface area contributed by atoms with Gasteiger partial charge in [0.15, 0.2) is 11.5 Å². The van der Waals surface area contributed by atoms with Crippen LogP contribution >= 0.6 is 0 Å². The molecule has 4 N–H and O–H groups in total. The number of aliphatic hydroxyl groups is 1. The Balaban J connectivity index is 1.33. The van der Waals surface area contributed by atoms with Crippen molar-refractivity contribution in [2.75, 3.05) is 49.5 Å². The first-order valence-electron chi connectivity index (χ1n) is 14.0. The van der Waals surface area contributed by atoms with Gasteiger partial charge in [0.1, 0.15) is 11.9 Å². The Bertz CT molecular complexity index is 1480. The van der Waals surface area contributed by atoms with Gasteiger partial charge in [-0.25, -0.2) is 9.59 Å². The number of para-hydroxylation sites is 1. The lowest BCUT2D eigenvalue weighted by atomic mass is 9.99. The molecule has 0 saturated carbocycles. The summed E-state index contributed by atoms with van der Waals surface area (Å²) in [7, 11) is 1.66. The molecule has 0 radical (unpaired) electrons. The summed E-state index contributed by atoms with van der Waals surface area (Å²) in [6.07, 6.45) is -0.493. The lowest BCUT2D eigenvalue weighted by Gasteiger charge is -2.38. The van der Waals surface area contributed by atoms with E-state index in [1.807, 2.05) is 25.1 Å². The van der Waals surface area contributed by atoms with E-state index >= 15 is 0 Å². The molecule has 0 aromatic heterocycles. The highest BCUT2D eigenvalue weighted by Gasteiger charge is 2.34. The lowest BCUT2D eigenvalue weighted by Crippen LogP contribution is -2.50. The van der Waals surface area contributed by atoms with E-state index in [1.165, 1.54) is 4.90 Å². The lowest BCUT2D eigenvalue weighted by molar-refractivity contribution is 0.0371. The van der Waals surface area contributed by atoms with Crippen molar-refractivity contribution >= 4 is 35.0 Å². The number of carbonyl (C=O) groups excluding carboxylic acids is 3. The molecule has 0 aliphatic carbocycles. The van der Waals surface area contributed by atoms with Gasteiger partial charge in [-0.3, -0.25) is 4.79 Å². The number of nitrogens with one attached hydrogen (secondary N) is 3. The third-order valence-corrected chi connectivity index (χ3v) is 7.38. The molecule has 0 saturated heterocycles. The minimum absolute atomic E-state index is 0.137. The van der Waals surface area contributed by atoms with Gasteiger partial charge in [-0.05, 0) is 49.4 Å². The highest BCUT2D eigenvalue weighted by Crippen LogP contribution is 2.34. The summed E-state index contributed by atoms with van der Waals surface area (Å²) in [6.45, 7) is 4.11. The first-order valence-corrected chi connectivity index (χ1v) is 14.0. The van der Waals surface area contributed by atoms with Crippen molar-refractivity contribution in [2.24, 2.45) is 5.92 Å². The average Bonchev–Trinajstić information content (AvgIpc) is 3.47. The first-order chi connectivity index (χ1) is 20.7. The van der Waals surface area contributed by atoms with Crippen LogP contribution in [-0.4, -0.2) is 78.6 Å². The molecule has 3 aromatic carbocycles. The molecule has 2 aliphatic rings. The van der Waals surface area contributed by atoms with E-state index in [2.05, 4.69) is 16.0 Å². The number of anilines is 3. The Kier molecular flexibility index (Phi) is 8.86. The summed E-state index contributed by atoms with van der Waals surface area (Å²) in [6, 6.07) is 17.7. The summed E-state index contributed by atoms with van der Waals surface area (Å²) >= 11 is 0. The Morgan fingerprint density at radius 1 is 0.953 bits per heavy atom. The summed E-state index contributed by atoms with van der Waals surface area (Å²) < 4.78 is 17.1. The molecule has 2 heterocycles. The molecular weight excluding hydrogens is 554 g/mol. The molecular formula is C31H35N5O7. The maximum Gasteiger partial charge on any atom is 0.323 e. The fourth-order valence-electron chi connectivity index (χ4n) is 4.88. The van der Waals surface area contributed by atoms with Crippen LogP contribution in [-0.2, 0) is 0 Å². The van der Waals surface area contributed by atoms with Gasteiger partial charge in [-0.2, -0.15) is 0 Å². The summed E-state index contributed by atoms with van der Waals surface area (Å²) in [5.74, 6) is 0.968. The first kappa shape index (κ1) is 29.5. The SMILES string of the molecule is C[C@H](CO)N1C[C@H](C)[C@H](CN(C)C(=O)Nc2ccc3c(c2)OCO3)Oc2ccc(NC(=O)Nc3ccccc3)cc2C1=O. The van der Waals surface area contributed by atoms with Crippen LogP contribution in [0, 0.1) is 5.92 Å². The van der Waals surface area contributed by atoms with Crippen LogP contribution in [0.3, 0.4) is 0 Å². The van der Waals surface area contributed by atoms with Gasteiger partial charge in [0, 0.05) is 42.6 Å². The summed E-state index contributed by atoms with van der Waals surface area (Å²) in [5.41, 5.74) is 1.81. The standard InChI is InChI=1S/C31H35N5O7/c1-19-15-36(20(2)17-37)29(38)24-13-22(33-30(39)32-21-7-5-4-6-8-21)9-11-25(24)43-28(19)16-35(3)31(40)34-23-10-12-26-27(14-23)42-18-41-26/h4-14,19-20,28,37H,15-18H2,1-3H3,(H,34,40)(H2,32,33,39)/t19-,20+,28-/m0/s1. The van der Waals surface area contributed by atoms with Crippen LogP contribution in [0.5, 0.6) is 17.2 Å². The molecule has 12 heteroatoms. The van der Waals surface area contributed by atoms with Crippen molar-refractivity contribution < 1.29 is 33.7 Å². The number of rotatable bonds is 7. The van der Waals surface area contributed by atoms with Crippen LogP contribution < -0.4 is 30.2 Å². The smallest absolute Gasteiger partial charge is 0.323 e. The monoisotopic (exact) mass is 589 g/mol. The van der Waals surface area contributed by atoms with Crippen molar-refractivity contribution in [3.05, 3.63) is 72.3 Å². The Labute approximate surface area is 249 Å². The third-order valence-electron chi connectivity index (χ3n) is 7.38. The molecule has 2 aliphatic heterocycles. The number of hydrogen-bond donors (Lipinski definition) is 4. The molecule has 226 valence electrons. The highest BCUT2D eigenvalue weighted by molar-refractivity contribution is 6.02. The number of nitrogens with zero attached hydrogens (tertiary/aromatic N) is 2. The highest BCUT2D eigenvalue weighted by atomic mass is 16.7. The number of fused-ring (bicyclic) bond motifs is 2. The number of benzene rings is 3. The minimum atomic E-state index is -0.493. The zero-order valence-electron chi connectivity index (χ0n) is 24.2. The van der Waals surface area contributed by atoms with Gasteiger partial charge in [-0.1, -0.05) is 25.1 Å². The number of carbonyl (C=O) groups is 3. The van der Waals surface area contributed by atoms with Gasteiger partial charge in [0.05, 0.1) is 24.8 Å². The van der Waals surface area contributed by atoms with E-state index in [0.29, 0.717) is 34.3 Å². The average molecular weight is 590 g/mol. The molecule has 0 fully saturated rings. The number of aliphatic hydroxyl groups excluding tert-OH is 1. The number of ether oxygens (including phenoxy) is 3. The summed E-state index contributed by atoms with van der Waals surface area (Å²) in [4.78, 5) is 42.5. The molecule has 5 rings (SSSR count). The quantitative estimate of drug-likeness (QED) is 0.319. The topological polar surface area (TPSA) is 142 Å². The fraction of sp³-hybridized carbons (Fsp3) is 0.323. The van der Waals surface area contributed by atoms with Gasteiger partial charge in [0.2, 0.25) is 6.79 Å². The van der Waals surface area contributed by atoms with E-state index in [9.17, 15) is 19.5 Å². The zero-order chi connectivity index (χ0) is 30.5. The number of amides is 5. The van der Waals surface area contributed by atoms with Gasteiger partial charge >= 0.3 is 12.1 Å². The maximum atomic E-state index is 13.7. The number of hydrogen-bond acceptors (Lipinski definition) is 7. The van der Waals surface area contributed by atoms with E-state index in [1.54, 1.807) is 67.4 Å². The number of likely N-dealkylation sites (N-methyl/N-ethyl adjacent to an activating group) is 1. The molecule has 0 unspecified atom stereocenters. The van der Waals surface area contributed by atoms with Crippen molar-refractivity contribution in [1.82, 2.24) is 9.80 Å². The van der Waals surface area contributed by atoms with E-state index < -0.39 is 18.2 Å². The van der Waals surface area contributed by atoms with Crippen molar-refractivity contribution in [3.8, 4) is 17.2 Å². The molecule has 3 atom stereocenters. The van der Waals surface area contributed by atoms with Gasteiger partial charge < -0.3 is 45.1 Å². The van der Waals surface area contributed by atoms with E-state index in [4.69, 9.17) is 14.2 Å². The van der Waals surface area contributed by atoms with Crippen LogP contribution in [0.25, 0.3) is 0 Å². The van der Waals surface area contributed by atoms with Gasteiger partial charge in [-0.15, -0.1) is 0 Å². The maximum absolute atomic E-state index is 13.7.